The quantitative estimate of drug-likeness (QED) is 0.769. The average molecular weight is 347 g/mol. The van der Waals surface area contributed by atoms with Crippen molar-refractivity contribution in [2.75, 3.05) is 19.1 Å². The number of methoxy groups -OCH3 is 1. The van der Waals surface area contributed by atoms with Crippen molar-refractivity contribution in [3.63, 3.8) is 0 Å². The van der Waals surface area contributed by atoms with Crippen LogP contribution in [0.25, 0.3) is 0 Å². The Hall–Kier alpha value is -1.70. The van der Waals surface area contributed by atoms with E-state index in [1.165, 1.54) is 35.9 Å². The number of esters is 1. The molecule has 4 nitrogen and oxygen atoms in total. The van der Waals surface area contributed by atoms with Gasteiger partial charge in [0.2, 0.25) is 0 Å². The molecular formula is C15H16F3NO3S. The number of thioether (sulfide) groups is 1. The molecule has 0 spiro atoms. The summed E-state index contributed by atoms with van der Waals surface area (Å²) in [6.07, 6.45) is -2.37. The van der Waals surface area contributed by atoms with Gasteiger partial charge >= 0.3 is 12.1 Å². The molecule has 8 heteroatoms. The number of ether oxygens (including phenoxy) is 1. The molecule has 0 bridgehead atoms. The molecule has 0 fully saturated rings. The number of hydrogen-bond acceptors (Lipinski definition) is 4. The van der Waals surface area contributed by atoms with E-state index in [9.17, 15) is 22.8 Å². The lowest BCUT2D eigenvalue weighted by molar-refractivity contribution is -0.146. The summed E-state index contributed by atoms with van der Waals surface area (Å²) >= 11 is 1.48. The number of hydrogen-bond donors (Lipinski definition) is 0. The molecule has 1 aliphatic rings. The van der Waals surface area contributed by atoms with E-state index >= 15 is 0 Å². The van der Waals surface area contributed by atoms with Crippen LogP contribution in [-0.2, 0) is 22.3 Å². The number of halogens is 3. The Labute approximate surface area is 136 Å². The van der Waals surface area contributed by atoms with E-state index in [4.69, 9.17) is 4.74 Å². The summed E-state index contributed by atoms with van der Waals surface area (Å²) in [5, 5.41) is 0. The van der Waals surface area contributed by atoms with Crippen LogP contribution in [0.5, 0.6) is 0 Å². The van der Waals surface area contributed by atoms with Gasteiger partial charge < -0.3 is 9.64 Å². The molecule has 1 amide bonds. The zero-order valence-electron chi connectivity index (χ0n) is 12.6. The normalized spacial score (nSPS) is 15.5. The number of nitrogens with zero attached hydrogens (tertiary/aromatic N) is 1. The molecule has 0 N–H and O–H groups in total. The van der Waals surface area contributed by atoms with Crippen LogP contribution in [0.2, 0.25) is 0 Å². The van der Waals surface area contributed by atoms with E-state index in [1.807, 2.05) is 6.26 Å². The third-order valence-corrected chi connectivity index (χ3v) is 4.39. The SMILES string of the molecule is COC(=O)C(CCSC)N1Cc2c(cccc2C(F)(F)F)C1=O. The summed E-state index contributed by atoms with van der Waals surface area (Å²) in [5.74, 6) is -0.595. The van der Waals surface area contributed by atoms with Crippen LogP contribution in [0.15, 0.2) is 18.2 Å². The zero-order chi connectivity index (χ0) is 17.2. The fraction of sp³-hybridized carbons (Fsp3) is 0.467. The molecule has 1 heterocycles. The van der Waals surface area contributed by atoms with E-state index in [-0.39, 0.29) is 17.7 Å². The summed E-state index contributed by atoms with van der Waals surface area (Å²) in [4.78, 5) is 25.5. The van der Waals surface area contributed by atoms with Gasteiger partial charge in [-0.15, -0.1) is 0 Å². The predicted octanol–water partition coefficient (Wildman–Crippen LogP) is 2.96. The summed E-state index contributed by atoms with van der Waals surface area (Å²) in [7, 11) is 1.20. The van der Waals surface area contributed by atoms with Gasteiger partial charge in [0.15, 0.2) is 0 Å². The number of fused-ring (bicyclic) bond motifs is 1. The molecule has 2 rings (SSSR count). The summed E-state index contributed by atoms with van der Waals surface area (Å²) < 4.78 is 44.0. The molecule has 1 atom stereocenters. The van der Waals surface area contributed by atoms with Crippen LogP contribution in [0, 0.1) is 0 Å². The second-order valence-electron chi connectivity index (χ2n) is 5.08. The Bertz CT molecular complexity index is 618. The standard InChI is InChI=1S/C15H16F3NO3S/c1-22-14(21)12(6-7-23-2)19-8-10-9(13(19)20)4-3-5-11(10)15(16,17)18/h3-5,12H,6-8H2,1-2H3. The average Bonchev–Trinajstić information content (AvgIpc) is 2.83. The molecule has 126 valence electrons. The zero-order valence-corrected chi connectivity index (χ0v) is 13.5. The van der Waals surface area contributed by atoms with Gasteiger partial charge in [-0.2, -0.15) is 24.9 Å². The van der Waals surface area contributed by atoms with Crippen molar-refractivity contribution in [1.29, 1.82) is 0 Å². The van der Waals surface area contributed by atoms with Crippen molar-refractivity contribution in [3.8, 4) is 0 Å². The van der Waals surface area contributed by atoms with Crippen molar-refractivity contribution in [3.05, 3.63) is 34.9 Å². The lowest BCUT2D eigenvalue weighted by atomic mass is 10.0. The maximum Gasteiger partial charge on any atom is 0.416 e. The third-order valence-electron chi connectivity index (χ3n) is 3.75. The Kier molecular flexibility index (Phi) is 5.23. The van der Waals surface area contributed by atoms with Gasteiger partial charge in [0.05, 0.1) is 12.7 Å². The van der Waals surface area contributed by atoms with Crippen molar-refractivity contribution >= 4 is 23.6 Å². The molecule has 0 aromatic heterocycles. The third kappa shape index (κ3) is 3.46. The first-order valence-corrected chi connectivity index (χ1v) is 8.27. The summed E-state index contributed by atoms with van der Waals surface area (Å²) in [6, 6.07) is 2.63. The van der Waals surface area contributed by atoms with Gasteiger partial charge in [0, 0.05) is 12.1 Å². The van der Waals surface area contributed by atoms with Crippen LogP contribution in [0.1, 0.15) is 27.9 Å². The smallest absolute Gasteiger partial charge is 0.416 e. The van der Waals surface area contributed by atoms with Gasteiger partial charge in [-0.1, -0.05) is 6.07 Å². The van der Waals surface area contributed by atoms with Crippen LogP contribution in [0.4, 0.5) is 13.2 Å². The van der Waals surface area contributed by atoms with Crippen LogP contribution >= 0.6 is 11.8 Å². The van der Waals surface area contributed by atoms with Gasteiger partial charge in [-0.25, -0.2) is 4.79 Å². The molecular weight excluding hydrogens is 331 g/mol. The predicted molar refractivity (Wildman–Crippen MR) is 80.1 cm³/mol. The van der Waals surface area contributed by atoms with E-state index in [0.29, 0.717) is 12.2 Å². The molecule has 23 heavy (non-hydrogen) atoms. The molecule has 1 unspecified atom stereocenters. The first-order chi connectivity index (χ1) is 10.8. The molecule has 0 radical (unpaired) electrons. The lowest BCUT2D eigenvalue weighted by Crippen LogP contribution is -2.42. The monoisotopic (exact) mass is 347 g/mol. The highest BCUT2D eigenvalue weighted by Crippen LogP contribution is 2.37. The highest BCUT2D eigenvalue weighted by atomic mass is 32.2. The second-order valence-corrected chi connectivity index (χ2v) is 6.07. The number of benzene rings is 1. The Morgan fingerprint density at radius 1 is 1.43 bits per heavy atom. The number of carbonyl (C=O) groups is 2. The number of carbonyl (C=O) groups excluding carboxylic acids is 2. The van der Waals surface area contributed by atoms with Crippen molar-refractivity contribution in [1.82, 2.24) is 4.90 Å². The number of amides is 1. The summed E-state index contributed by atoms with van der Waals surface area (Å²) in [6.45, 7) is -0.238. The molecule has 0 saturated heterocycles. The van der Waals surface area contributed by atoms with Crippen molar-refractivity contribution in [2.24, 2.45) is 0 Å². The van der Waals surface area contributed by atoms with Crippen LogP contribution in [-0.4, -0.2) is 41.9 Å². The molecule has 0 saturated carbocycles. The maximum absolute atomic E-state index is 13.1. The van der Waals surface area contributed by atoms with E-state index in [2.05, 4.69) is 0 Å². The fourth-order valence-electron chi connectivity index (χ4n) is 2.64. The van der Waals surface area contributed by atoms with Crippen LogP contribution < -0.4 is 0 Å². The minimum Gasteiger partial charge on any atom is -0.467 e. The molecule has 1 aromatic rings. The lowest BCUT2D eigenvalue weighted by Gasteiger charge is -2.25. The van der Waals surface area contributed by atoms with Crippen molar-refractivity contribution < 1.29 is 27.5 Å². The number of rotatable bonds is 5. The van der Waals surface area contributed by atoms with Crippen LogP contribution in [0.3, 0.4) is 0 Å². The Morgan fingerprint density at radius 2 is 2.13 bits per heavy atom. The van der Waals surface area contributed by atoms with Gasteiger partial charge in [0.1, 0.15) is 6.04 Å². The highest BCUT2D eigenvalue weighted by Gasteiger charge is 2.42. The number of alkyl halides is 3. The van der Waals surface area contributed by atoms with Gasteiger partial charge in [-0.05, 0) is 36.1 Å². The van der Waals surface area contributed by atoms with E-state index in [0.717, 1.165) is 6.07 Å². The maximum atomic E-state index is 13.1. The molecule has 1 aromatic carbocycles. The summed E-state index contributed by atoms with van der Waals surface area (Å²) in [5.41, 5.74) is -0.916. The first kappa shape index (κ1) is 17.7. The van der Waals surface area contributed by atoms with E-state index < -0.39 is 29.7 Å². The van der Waals surface area contributed by atoms with E-state index in [1.54, 1.807) is 0 Å². The topological polar surface area (TPSA) is 46.6 Å². The highest BCUT2D eigenvalue weighted by molar-refractivity contribution is 7.98. The van der Waals surface area contributed by atoms with Crippen molar-refractivity contribution in [2.45, 2.75) is 25.2 Å². The first-order valence-electron chi connectivity index (χ1n) is 6.88. The minimum atomic E-state index is -4.54. The van der Waals surface area contributed by atoms with Gasteiger partial charge in [-0.3, -0.25) is 4.79 Å². The largest absolute Gasteiger partial charge is 0.467 e. The fourth-order valence-corrected chi connectivity index (χ4v) is 3.10. The molecule has 1 aliphatic heterocycles. The second kappa shape index (κ2) is 6.82. The Balaban J connectivity index is 2.37. The minimum absolute atomic E-state index is 0.00196. The van der Waals surface area contributed by atoms with Gasteiger partial charge in [0.25, 0.3) is 5.91 Å². The Morgan fingerprint density at radius 3 is 2.70 bits per heavy atom. The molecule has 0 aliphatic carbocycles.